The first kappa shape index (κ1) is 15.7. The van der Waals surface area contributed by atoms with Gasteiger partial charge in [0.1, 0.15) is 0 Å². The number of aromatic nitrogens is 2. The summed E-state index contributed by atoms with van der Waals surface area (Å²) in [7, 11) is 3.32. The van der Waals surface area contributed by atoms with Gasteiger partial charge in [-0.2, -0.15) is 0 Å². The van der Waals surface area contributed by atoms with E-state index in [0.717, 1.165) is 19.5 Å². The van der Waals surface area contributed by atoms with E-state index in [4.69, 9.17) is 9.15 Å². The molecule has 1 aromatic rings. The Morgan fingerprint density at radius 2 is 2.33 bits per heavy atom. The molecule has 1 amide bonds. The molecule has 2 heterocycles. The number of carbonyl (C=O) groups is 1. The van der Waals surface area contributed by atoms with Crippen LogP contribution in [0.2, 0.25) is 0 Å². The topological polar surface area (TPSA) is 92.5 Å². The van der Waals surface area contributed by atoms with Crippen LogP contribution in [-0.2, 0) is 16.1 Å². The fraction of sp³-hybridized carbons (Fsp3) is 0.769. The van der Waals surface area contributed by atoms with E-state index >= 15 is 0 Å². The van der Waals surface area contributed by atoms with Gasteiger partial charge in [-0.25, -0.2) is 0 Å². The minimum Gasteiger partial charge on any atom is -0.407 e. The summed E-state index contributed by atoms with van der Waals surface area (Å²) in [6.07, 6.45) is 0.774. The Balaban J connectivity index is 1.89. The Labute approximate surface area is 124 Å². The van der Waals surface area contributed by atoms with Gasteiger partial charge in [0.2, 0.25) is 11.8 Å². The van der Waals surface area contributed by atoms with Crippen molar-refractivity contribution < 1.29 is 13.9 Å². The van der Waals surface area contributed by atoms with Crippen LogP contribution in [0.25, 0.3) is 0 Å². The monoisotopic (exact) mass is 297 g/mol. The summed E-state index contributed by atoms with van der Waals surface area (Å²) in [6, 6.07) is 0.478. The van der Waals surface area contributed by atoms with E-state index in [9.17, 15) is 4.79 Å². The lowest BCUT2D eigenvalue weighted by molar-refractivity contribution is -0.128. The maximum atomic E-state index is 11.9. The maximum absolute atomic E-state index is 11.9. The predicted molar refractivity (Wildman–Crippen MR) is 76.9 cm³/mol. The van der Waals surface area contributed by atoms with Crippen molar-refractivity contribution in [3.8, 4) is 0 Å². The number of anilines is 1. The van der Waals surface area contributed by atoms with Crippen LogP contribution < -0.4 is 15.5 Å². The average molecular weight is 297 g/mol. The molecule has 1 aliphatic heterocycles. The highest BCUT2D eigenvalue weighted by Crippen LogP contribution is 2.32. The van der Waals surface area contributed by atoms with Gasteiger partial charge in [-0.3, -0.25) is 4.79 Å². The highest BCUT2D eigenvalue weighted by Gasteiger charge is 2.41. The number of rotatable bonds is 7. The molecular formula is C13H23N5O3. The molecule has 1 atom stereocenters. The molecule has 1 unspecified atom stereocenters. The number of carbonyl (C=O) groups excluding carboxylic acids is 1. The van der Waals surface area contributed by atoms with Gasteiger partial charge in [0, 0.05) is 33.8 Å². The van der Waals surface area contributed by atoms with E-state index in [-0.39, 0.29) is 5.91 Å². The van der Waals surface area contributed by atoms with Crippen molar-refractivity contribution in [3.63, 3.8) is 0 Å². The number of hydrogen-bond acceptors (Lipinski definition) is 7. The second-order valence-corrected chi connectivity index (χ2v) is 5.46. The van der Waals surface area contributed by atoms with Crippen molar-refractivity contribution in [2.45, 2.75) is 19.9 Å². The predicted octanol–water partition coefficient (Wildman–Crippen LogP) is -0.232. The first-order valence-corrected chi connectivity index (χ1v) is 7.08. The zero-order chi connectivity index (χ0) is 15.3. The second-order valence-electron chi connectivity index (χ2n) is 5.46. The fourth-order valence-corrected chi connectivity index (χ4v) is 2.42. The molecule has 0 spiro atoms. The van der Waals surface area contributed by atoms with Crippen molar-refractivity contribution in [2.75, 3.05) is 45.3 Å². The molecule has 0 radical (unpaired) electrons. The summed E-state index contributed by atoms with van der Waals surface area (Å²) in [4.78, 5) is 13.9. The molecule has 21 heavy (non-hydrogen) atoms. The van der Waals surface area contributed by atoms with Crippen LogP contribution in [0, 0.1) is 5.41 Å². The van der Waals surface area contributed by atoms with E-state index in [0.29, 0.717) is 31.6 Å². The van der Waals surface area contributed by atoms with Crippen LogP contribution in [0.4, 0.5) is 6.01 Å². The normalized spacial score (nSPS) is 21.8. The van der Waals surface area contributed by atoms with Crippen LogP contribution in [0.1, 0.15) is 19.2 Å². The van der Waals surface area contributed by atoms with Crippen LogP contribution in [0.3, 0.4) is 0 Å². The molecule has 1 aliphatic rings. The summed E-state index contributed by atoms with van der Waals surface area (Å²) < 4.78 is 10.6. The summed E-state index contributed by atoms with van der Waals surface area (Å²) in [5.74, 6) is 0.584. The van der Waals surface area contributed by atoms with Crippen molar-refractivity contribution in [2.24, 2.45) is 5.41 Å². The molecule has 0 bridgehead atoms. The molecule has 2 N–H and O–H groups in total. The van der Waals surface area contributed by atoms with Crippen molar-refractivity contribution >= 4 is 11.9 Å². The molecule has 1 fully saturated rings. The zero-order valence-electron chi connectivity index (χ0n) is 12.8. The molecule has 0 aliphatic carbocycles. The highest BCUT2D eigenvalue weighted by molar-refractivity contribution is 5.83. The fourth-order valence-electron chi connectivity index (χ4n) is 2.42. The lowest BCUT2D eigenvalue weighted by Gasteiger charge is -2.21. The second kappa shape index (κ2) is 6.86. The van der Waals surface area contributed by atoms with Gasteiger partial charge in [0.15, 0.2) is 0 Å². The Hall–Kier alpha value is -1.67. The Morgan fingerprint density at radius 3 is 3.05 bits per heavy atom. The number of methoxy groups -OCH3 is 1. The number of hydrogen-bond donors (Lipinski definition) is 2. The minimum atomic E-state index is -0.403. The first-order chi connectivity index (χ1) is 10.1. The van der Waals surface area contributed by atoms with E-state index in [1.165, 1.54) is 0 Å². The first-order valence-electron chi connectivity index (χ1n) is 7.08. The van der Waals surface area contributed by atoms with Crippen LogP contribution in [0.5, 0.6) is 0 Å². The lowest BCUT2D eigenvalue weighted by Crippen LogP contribution is -2.39. The molecular weight excluding hydrogens is 274 g/mol. The van der Waals surface area contributed by atoms with Gasteiger partial charge in [-0.05, 0) is 13.3 Å². The number of nitrogens with one attached hydrogen (secondary N) is 2. The third-order valence-electron chi connectivity index (χ3n) is 3.73. The summed E-state index contributed by atoms with van der Waals surface area (Å²) >= 11 is 0. The van der Waals surface area contributed by atoms with Crippen molar-refractivity contribution in [1.82, 2.24) is 20.8 Å². The van der Waals surface area contributed by atoms with E-state index < -0.39 is 5.41 Å². The SMILES string of the molecule is CNC(=O)C1(C)CCN(c2nnc(CNCCOC)o2)C1. The van der Waals surface area contributed by atoms with Gasteiger partial charge < -0.3 is 24.7 Å². The molecule has 0 saturated carbocycles. The quantitative estimate of drug-likeness (QED) is 0.671. The minimum absolute atomic E-state index is 0.0472. The smallest absolute Gasteiger partial charge is 0.318 e. The lowest BCUT2D eigenvalue weighted by atomic mass is 9.89. The molecule has 2 rings (SSSR count). The maximum Gasteiger partial charge on any atom is 0.318 e. The third kappa shape index (κ3) is 3.70. The van der Waals surface area contributed by atoms with Gasteiger partial charge in [0.25, 0.3) is 0 Å². The largest absolute Gasteiger partial charge is 0.407 e. The van der Waals surface area contributed by atoms with Crippen LogP contribution >= 0.6 is 0 Å². The number of nitrogens with zero attached hydrogens (tertiary/aromatic N) is 3. The molecule has 118 valence electrons. The van der Waals surface area contributed by atoms with E-state index in [1.54, 1.807) is 14.2 Å². The Kier molecular flexibility index (Phi) is 5.13. The molecule has 8 nitrogen and oxygen atoms in total. The highest BCUT2D eigenvalue weighted by atomic mass is 16.5. The van der Waals surface area contributed by atoms with Gasteiger partial charge in [-0.15, -0.1) is 5.10 Å². The summed E-state index contributed by atoms with van der Waals surface area (Å²) in [5, 5.41) is 13.9. The van der Waals surface area contributed by atoms with Crippen molar-refractivity contribution in [1.29, 1.82) is 0 Å². The number of ether oxygens (including phenoxy) is 1. The Bertz CT molecular complexity index is 478. The third-order valence-corrected chi connectivity index (χ3v) is 3.73. The summed E-state index contributed by atoms with van der Waals surface area (Å²) in [5.41, 5.74) is -0.403. The molecule has 8 heteroatoms. The van der Waals surface area contributed by atoms with Crippen LogP contribution in [-0.4, -0.2) is 56.5 Å². The average Bonchev–Trinajstić information content (AvgIpc) is 3.10. The molecule has 1 aromatic heterocycles. The van der Waals surface area contributed by atoms with Crippen LogP contribution in [0.15, 0.2) is 4.42 Å². The summed E-state index contributed by atoms with van der Waals surface area (Å²) in [6.45, 7) is 5.16. The van der Waals surface area contributed by atoms with E-state index in [1.807, 2.05) is 11.8 Å². The van der Waals surface area contributed by atoms with Gasteiger partial charge >= 0.3 is 6.01 Å². The van der Waals surface area contributed by atoms with E-state index in [2.05, 4.69) is 20.8 Å². The zero-order valence-corrected chi connectivity index (χ0v) is 12.8. The number of amides is 1. The standard InChI is InChI=1S/C13H23N5O3/c1-13(11(19)14-2)4-6-18(9-13)12-17-16-10(21-12)8-15-5-7-20-3/h15H,4-9H2,1-3H3,(H,14,19). The van der Waals surface area contributed by atoms with Gasteiger partial charge in [0.05, 0.1) is 18.6 Å². The van der Waals surface area contributed by atoms with Gasteiger partial charge in [-0.1, -0.05) is 5.10 Å². The van der Waals surface area contributed by atoms with Crippen molar-refractivity contribution in [3.05, 3.63) is 5.89 Å². The Morgan fingerprint density at radius 1 is 1.52 bits per heavy atom. The molecule has 1 saturated heterocycles. The molecule has 0 aromatic carbocycles.